The van der Waals surface area contributed by atoms with Crippen molar-refractivity contribution in [1.82, 2.24) is 14.7 Å². The number of carbonyl (C=O) groups excluding carboxylic acids is 1. The monoisotopic (exact) mass is 303 g/mol. The Morgan fingerprint density at radius 2 is 1.64 bits per heavy atom. The van der Waals surface area contributed by atoms with E-state index in [2.05, 4.69) is 16.8 Å². The summed E-state index contributed by atoms with van der Waals surface area (Å²) in [5, 5.41) is 0. The highest BCUT2D eigenvalue weighted by Crippen LogP contribution is 2.18. The fourth-order valence-electron chi connectivity index (χ4n) is 3.28. The summed E-state index contributed by atoms with van der Waals surface area (Å²) in [4.78, 5) is 18.9. The van der Waals surface area contributed by atoms with Crippen LogP contribution in [0.2, 0.25) is 0 Å². The molecule has 2 aliphatic heterocycles. The van der Waals surface area contributed by atoms with E-state index in [9.17, 15) is 4.79 Å². The van der Waals surface area contributed by atoms with Crippen LogP contribution in [0.25, 0.3) is 0 Å². The molecule has 0 atom stereocenters. The zero-order chi connectivity index (χ0) is 15.4. The summed E-state index contributed by atoms with van der Waals surface area (Å²) in [6.45, 7) is 5.80. The van der Waals surface area contributed by atoms with Gasteiger partial charge in [0.2, 0.25) is 0 Å². The quantitative estimate of drug-likeness (QED) is 0.836. The molecule has 0 aliphatic carbocycles. The van der Waals surface area contributed by atoms with Gasteiger partial charge in [-0.3, -0.25) is 4.90 Å². The molecule has 120 valence electrons. The molecule has 0 aromatic heterocycles. The van der Waals surface area contributed by atoms with Crippen LogP contribution in [-0.4, -0.2) is 73.2 Å². The zero-order valence-electron chi connectivity index (χ0n) is 13.3. The summed E-state index contributed by atoms with van der Waals surface area (Å²) in [6, 6.07) is 9.97. The molecular formula is C17H25N3O2. The number of hydrogen-bond acceptors (Lipinski definition) is 4. The molecule has 1 aromatic carbocycles. The third kappa shape index (κ3) is 3.78. The number of carbonyl (C=O) groups is 1. The van der Waals surface area contributed by atoms with Crippen molar-refractivity contribution in [2.24, 2.45) is 0 Å². The molecule has 0 N–H and O–H groups in total. The highest BCUT2D eigenvalue weighted by molar-refractivity contribution is 5.70. The van der Waals surface area contributed by atoms with Crippen LogP contribution < -0.4 is 4.74 Å². The predicted molar refractivity (Wildman–Crippen MR) is 86.1 cm³/mol. The van der Waals surface area contributed by atoms with Crippen LogP contribution in [0.3, 0.4) is 0 Å². The van der Waals surface area contributed by atoms with Crippen molar-refractivity contribution in [2.75, 3.05) is 46.3 Å². The summed E-state index contributed by atoms with van der Waals surface area (Å²) in [7, 11) is 2.19. The maximum absolute atomic E-state index is 12.2. The van der Waals surface area contributed by atoms with Crippen LogP contribution in [0, 0.1) is 0 Å². The molecule has 2 saturated heterocycles. The Morgan fingerprint density at radius 1 is 1.00 bits per heavy atom. The summed E-state index contributed by atoms with van der Waals surface area (Å²) in [6.07, 6.45) is 2.25. The maximum Gasteiger partial charge on any atom is 0.415 e. The number of benzene rings is 1. The number of hydrogen-bond donors (Lipinski definition) is 0. The van der Waals surface area contributed by atoms with Gasteiger partial charge in [-0.1, -0.05) is 18.2 Å². The molecule has 2 fully saturated rings. The number of likely N-dealkylation sites (tertiary alicyclic amines) is 1. The van der Waals surface area contributed by atoms with Gasteiger partial charge in [0.05, 0.1) is 0 Å². The van der Waals surface area contributed by atoms with Crippen molar-refractivity contribution in [3.63, 3.8) is 0 Å². The molecule has 0 unspecified atom stereocenters. The molecule has 5 nitrogen and oxygen atoms in total. The Kier molecular flexibility index (Phi) is 4.95. The number of para-hydroxylation sites is 1. The minimum Gasteiger partial charge on any atom is -0.410 e. The molecule has 0 radical (unpaired) electrons. The number of nitrogens with zero attached hydrogens (tertiary/aromatic N) is 3. The lowest BCUT2D eigenvalue weighted by atomic mass is 10.0. The average Bonchev–Trinajstić information content (AvgIpc) is 2.57. The second kappa shape index (κ2) is 7.11. The Labute approximate surface area is 132 Å². The lowest BCUT2D eigenvalue weighted by Crippen LogP contribution is -2.54. The first-order chi connectivity index (χ1) is 10.7. The van der Waals surface area contributed by atoms with E-state index in [-0.39, 0.29) is 6.09 Å². The predicted octanol–water partition coefficient (Wildman–Crippen LogP) is 1.90. The van der Waals surface area contributed by atoms with Crippen LogP contribution in [0.4, 0.5) is 4.79 Å². The first-order valence-electron chi connectivity index (χ1n) is 8.17. The van der Waals surface area contributed by atoms with Crippen molar-refractivity contribution >= 4 is 6.09 Å². The zero-order valence-corrected chi connectivity index (χ0v) is 13.3. The van der Waals surface area contributed by atoms with E-state index < -0.39 is 0 Å². The number of rotatable bonds is 2. The fraction of sp³-hybridized carbons (Fsp3) is 0.588. The molecule has 0 bridgehead atoms. The van der Waals surface area contributed by atoms with E-state index in [1.54, 1.807) is 0 Å². The van der Waals surface area contributed by atoms with Gasteiger partial charge < -0.3 is 14.5 Å². The number of amides is 1. The van der Waals surface area contributed by atoms with Crippen molar-refractivity contribution in [3.05, 3.63) is 30.3 Å². The van der Waals surface area contributed by atoms with Gasteiger partial charge in [-0.25, -0.2) is 4.79 Å². The Balaban J connectivity index is 1.46. The number of ether oxygens (including phenoxy) is 1. The van der Waals surface area contributed by atoms with Crippen molar-refractivity contribution in [3.8, 4) is 5.75 Å². The van der Waals surface area contributed by atoms with Gasteiger partial charge in [0, 0.05) is 32.2 Å². The summed E-state index contributed by atoms with van der Waals surface area (Å²) >= 11 is 0. The molecule has 1 aromatic rings. The Hall–Kier alpha value is -1.59. The minimum atomic E-state index is -0.228. The smallest absolute Gasteiger partial charge is 0.410 e. The van der Waals surface area contributed by atoms with E-state index >= 15 is 0 Å². The largest absolute Gasteiger partial charge is 0.415 e. The standard InChI is InChI=1S/C17H25N3O2/c1-18-9-7-15(8-10-18)19-11-13-20(14-12-19)17(21)22-16-5-3-2-4-6-16/h2-6,15H,7-14H2,1H3. The van der Waals surface area contributed by atoms with Gasteiger partial charge in [-0.15, -0.1) is 0 Å². The van der Waals surface area contributed by atoms with Gasteiger partial charge in [0.15, 0.2) is 0 Å². The van der Waals surface area contributed by atoms with E-state index in [4.69, 9.17) is 4.74 Å². The summed E-state index contributed by atoms with van der Waals surface area (Å²) in [5.41, 5.74) is 0. The number of piperidine rings is 1. The average molecular weight is 303 g/mol. The van der Waals surface area contributed by atoms with Crippen LogP contribution in [-0.2, 0) is 0 Å². The molecule has 22 heavy (non-hydrogen) atoms. The van der Waals surface area contributed by atoms with Crippen LogP contribution >= 0.6 is 0 Å². The van der Waals surface area contributed by atoms with Gasteiger partial charge in [0.1, 0.15) is 5.75 Å². The van der Waals surface area contributed by atoms with Crippen molar-refractivity contribution in [1.29, 1.82) is 0 Å². The van der Waals surface area contributed by atoms with Crippen LogP contribution in [0.15, 0.2) is 30.3 Å². The van der Waals surface area contributed by atoms with Gasteiger partial charge >= 0.3 is 6.09 Å². The SMILES string of the molecule is CN1CCC(N2CCN(C(=O)Oc3ccccc3)CC2)CC1. The first-order valence-corrected chi connectivity index (χ1v) is 8.17. The number of piperazine rings is 1. The molecular weight excluding hydrogens is 278 g/mol. The molecule has 0 saturated carbocycles. The van der Waals surface area contributed by atoms with Crippen molar-refractivity contribution in [2.45, 2.75) is 18.9 Å². The summed E-state index contributed by atoms with van der Waals surface area (Å²) in [5.74, 6) is 0.616. The highest BCUT2D eigenvalue weighted by Gasteiger charge is 2.28. The Morgan fingerprint density at radius 3 is 2.27 bits per heavy atom. The second-order valence-corrected chi connectivity index (χ2v) is 6.24. The molecule has 5 heteroatoms. The molecule has 2 aliphatic rings. The maximum atomic E-state index is 12.2. The third-order valence-electron chi connectivity index (χ3n) is 4.73. The van der Waals surface area contributed by atoms with E-state index in [0.717, 1.165) is 26.2 Å². The van der Waals surface area contributed by atoms with Crippen LogP contribution in [0.1, 0.15) is 12.8 Å². The van der Waals surface area contributed by atoms with E-state index in [0.29, 0.717) is 11.8 Å². The van der Waals surface area contributed by atoms with Gasteiger partial charge in [-0.2, -0.15) is 0 Å². The fourth-order valence-corrected chi connectivity index (χ4v) is 3.28. The third-order valence-corrected chi connectivity index (χ3v) is 4.73. The lowest BCUT2D eigenvalue weighted by Gasteiger charge is -2.41. The second-order valence-electron chi connectivity index (χ2n) is 6.24. The normalized spacial score (nSPS) is 21.8. The topological polar surface area (TPSA) is 36.0 Å². The van der Waals surface area contributed by atoms with E-state index in [1.807, 2.05) is 35.2 Å². The highest BCUT2D eigenvalue weighted by atomic mass is 16.6. The molecule has 2 heterocycles. The van der Waals surface area contributed by atoms with Gasteiger partial charge in [-0.05, 0) is 45.1 Å². The van der Waals surface area contributed by atoms with Crippen LogP contribution in [0.5, 0.6) is 5.75 Å². The Bertz CT molecular complexity index is 478. The first kappa shape index (κ1) is 15.3. The minimum absolute atomic E-state index is 0.228. The molecule has 0 spiro atoms. The van der Waals surface area contributed by atoms with E-state index in [1.165, 1.54) is 25.9 Å². The molecule has 1 amide bonds. The summed E-state index contributed by atoms with van der Waals surface area (Å²) < 4.78 is 5.41. The van der Waals surface area contributed by atoms with Crippen molar-refractivity contribution < 1.29 is 9.53 Å². The lowest BCUT2D eigenvalue weighted by molar-refractivity contribution is 0.0645. The molecule has 3 rings (SSSR count). The van der Waals surface area contributed by atoms with Gasteiger partial charge in [0.25, 0.3) is 0 Å².